The Morgan fingerprint density at radius 2 is 2.18 bits per heavy atom. The summed E-state index contributed by atoms with van der Waals surface area (Å²) in [5.41, 5.74) is 0.689. The lowest BCUT2D eigenvalue weighted by molar-refractivity contribution is -0.0498. The second-order valence-electron chi connectivity index (χ2n) is 4.16. The molecule has 0 spiro atoms. The van der Waals surface area contributed by atoms with Gasteiger partial charge in [-0.05, 0) is 31.4 Å². The summed E-state index contributed by atoms with van der Waals surface area (Å²) in [6.07, 6.45) is 2.28. The SMILES string of the molecule is O[C@H]1CCC[C@@H]1Nc1cccc(OC(F)F)c1. The maximum atomic E-state index is 12.0. The van der Waals surface area contributed by atoms with Crippen molar-refractivity contribution < 1.29 is 18.6 Å². The Morgan fingerprint density at radius 1 is 1.35 bits per heavy atom. The van der Waals surface area contributed by atoms with Gasteiger partial charge in [0.1, 0.15) is 5.75 Å². The van der Waals surface area contributed by atoms with Gasteiger partial charge in [-0.15, -0.1) is 0 Å². The Balaban J connectivity index is 2.00. The van der Waals surface area contributed by atoms with E-state index in [0.717, 1.165) is 19.3 Å². The summed E-state index contributed by atoms with van der Waals surface area (Å²) in [5, 5.41) is 12.8. The van der Waals surface area contributed by atoms with Crippen LogP contribution in [0.4, 0.5) is 14.5 Å². The van der Waals surface area contributed by atoms with Gasteiger partial charge >= 0.3 is 6.61 Å². The number of aliphatic hydroxyl groups is 1. The van der Waals surface area contributed by atoms with E-state index in [1.165, 1.54) is 12.1 Å². The van der Waals surface area contributed by atoms with Gasteiger partial charge in [0.05, 0.1) is 12.1 Å². The van der Waals surface area contributed by atoms with Gasteiger partial charge in [0.2, 0.25) is 0 Å². The van der Waals surface area contributed by atoms with Crippen molar-refractivity contribution in [1.82, 2.24) is 0 Å². The standard InChI is InChI=1S/C12H15F2NO2/c13-12(14)17-9-4-1-3-8(7-9)15-10-5-2-6-11(10)16/h1,3-4,7,10-12,15-16H,2,5-6H2/t10-,11-/m0/s1. The van der Waals surface area contributed by atoms with Gasteiger partial charge in [0.15, 0.2) is 0 Å². The lowest BCUT2D eigenvalue weighted by atomic mass is 10.2. The molecule has 17 heavy (non-hydrogen) atoms. The zero-order chi connectivity index (χ0) is 12.3. The van der Waals surface area contributed by atoms with Crippen LogP contribution < -0.4 is 10.1 Å². The first-order valence-electron chi connectivity index (χ1n) is 5.64. The van der Waals surface area contributed by atoms with E-state index in [1.807, 2.05) is 0 Å². The van der Waals surface area contributed by atoms with Crippen LogP contribution in [-0.2, 0) is 0 Å². The largest absolute Gasteiger partial charge is 0.435 e. The normalized spacial score (nSPS) is 24.0. The van der Waals surface area contributed by atoms with Gasteiger partial charge in [0, 0.05) is 11.8 Å². The Bertz CT molecular complexity index is 373. The quantitative estimate of drug-likeness (QED) is 0.854. The van der Waals surface area contributed by atoms with E-state index >= 15 is 0 Å². The first kappa shape index (κ1) is 12.1. The second-order valence-corrected chi connectivity index (χ2v) is 4.16. The van der Waals surface area contributed by atoms with Gasteiger partial charge in [-0.3, -0.25) is 0 Å². The minimum absolute atomic E-state index is 0.00296. The molecule has 0 aromatic heterocycles. The molecule has 0 radical (unpaired) electrons. The number of halogens is 2. The molecule has 0 heterocycles. The molecule has 0 amide bonds. The minimum Gasteiger partial charge on any atom is -0.435 e. The topological polar surface area (TPSA) is 41.5 Å². The third kappa shape index (κ3) is 3.30. The zero-order valence-electron chi connectivity index (χ0n) is 9.27. The number of aliphatic hydroxyl groups excluding tert-OH is 1. The van der Waals surface area contributed by atoms with Crippen molar-refractivity contribution >= 4 is 5.69 Å². The minimum atomic E-state index is -2.82. The molecular formula is C12H15F2NO2. The smallest absolute Gasteiger partial charge is 0.387 e. The number of ether oxygens (including phenoxy) is 1. The van der Waals surface area contributed by atoms with Gasteiger partial charge < -0.3 is 15.2 Å². The molecule has 1 aliphatic carbocycles. The predicted octanol–water partition coefficient (Wildman–Crippen LogP) is 2.61. The van der Waals surface area contributed by atoms with E-state index in [9.17, 15) is 13.9 Å². The number of anilines is 1. The maximum Gasteiger partial charge on any atom is 0.387 e. The number of nitrogens with one attached hydrogen (secondary N) is 1. The van der Waals surface area contributed by atoms with Crippen LogP contribution >= 0.6 is 0 Å². The van der Waals surface area contributed by atoms with Crippen LogP contribution in [0, 0.1) is 0 Å². The molecule has 2 atom stereocenters. The van der Waals surface area contributed by atoms with Gasteiger partial charge in [0.25, 0.3) is 0 Å². The number of benzene rings is 1. The summed E-state index contributed by atoms with van der Waals surface area (Å²) in [7, 11) is 0. The summed E-state index contributed by atoms with van der Waals surface area (Å²) in [6, 6.07) is 6.39. The number of hydrogen-bond acceptors (Lipinski definition) is 3. The van der Waals surface area contributed by atoms with Gasteiger partial charge in [-0.25, -0.2) is 0 Å². The van der Waals surface area contributed by atoms with Crippen molar-refractivity contribution in [1.29, 1.82) is 0 Å². The van der Waals surface area contributed by atoms with Crippen molar-refractivity contribution in [3.8, 4) is 5.75 Å². The molecule has 2 N–H and O–H groups in total. The summed E-state index contributed by atoms with van der Waals surface area (Å²) in [6.45, 7) is -2.82. The number of rotatable bonds is 4. The summed E-state index contributed by atoms with van der Waals surface area (Å²) < 4.78 is 28.4. The van der Waals surface area contributed by atoms with Crippen LogP contribution in [0.5, 0.6) is 5.75 Å². The van der Waals surface area contributed by atoms with E-state index in [0.29, 0.717) is 5.69 Å². The molecular weight excluding hydrogens is 228 g/mol. The molecule has 1 fully saturated rings. The zero-order valence-corrected chi connectivity index (χ0v) is 9.27. The van der Waals surface area contributed by atoms with Crippen LogP contribution in [-0.4, -0.2) is 23.9 Å². The van der Waals surface area contributed by atoms with E-state index in [1.54, 1.807) is 12.1 Å². The van der Waals surface area contributed by atoms with Gasteiger partial charge in [-0.2, -0.15) is 8.78 Å². The highest BCUT2D eigenvalue weighted by atomic mass is 19.3. The lowest BCUT2D eigenvalue weighted by Gasteiger charge is -2.18. The second kappa shape index (κ2) is 5.31. The Labute approximate surface area is 98.4 Å². The molecule has 1 aromatic carbocycles. The monoisotopic (exact) mass is 243 g/mol. The highest BCUT2D eigenvalue weighted by Gasteiger charge is 2.24. The first-order chi connectivity index (χ1) is 8.15. The molecule has 5 heteroatoms. The van der Waals surface area contributed by atoms with Crippen molar-refractivity contribution in [3.05, 3.63) is 24.3 Å². The van der Waals surface area contributed by atoms with Crippen LogP contribution in [0.15, 0.2) is 24.3 Å². The van der Waals surface area contributed by atoms with Crippen molar-refractivity contribution in [2.75, 3.05) is 5.32 Å². The van der Waals surface area contributed by atoms with E-state index in [4.69, 9.17) is 0 Å². The molecule has 0 aliphatic heterocycles. The predicted molar refractivity (Wildman–Crippen MR) is 60.3 cm³/mol. The highest BCUT2D eigenvalue weighted by molar-refractivity contribution is 5.49. The van der Waals surface area contributed by atoms with E-state index in [2.05, 4.69) is 10.1 Å². The molecule has 0 saturated heterocycles. The van der Waals surface area contributed by atoms with Crippen molar-refractivity contribution in [2.24, 2.45) is 0 Å². The fraction of sp³-hybridized carbons (Fsp3) is 0.500. The van der Waals surface area contributed by atoms with E-state index in [-0.39, 0.29) is 17.9 Å². The average molecular weight is 243 g/mol. The van der Waals surface area contributed by atoms with Crippen LogP contribution in [0.25, 0.3) is 0 Å². The van der Waals surface area contributed by atoms with Crippen LogP contribution in [0.2, 0.25) is 0 Å². The van der Waals surface area contributed by atoms with Crippen molar-refractivity contribution in [3.63, 3.8) is 0 Å². The number of hydrogen-bond donors (Lipinski definition) is 2. The summed E-state index contributed by atoms with van der Waals surface area (Å²) >= 11 is 0. The molecule has 2 rings (SSSR count). The maximum absolute atomic E-state index is 12.0. The third-order valence-electron chi connectivity index (χ3n) is 2.89. The molecule has 3 nitrogen and oxygen atoms in total. The third-order valence-corrected chi connectivity index (χ3v) is 2.89. The Hall–Kier alpha value is -1.36. The fourth-order valence-corrected chi connectivity index (χ4v) is 2.08. The van der Waals surface area contributed by atoms with Crippen LogP contribution in [0.3, 0.4) is 0 Å². The number of alkyl halides is 2. The van der Waals surface area contributed by atoms with E-state index < -0.39 is 6.61 Å². The molecule has 1 saturated carbocycles. The fourth-order valence-electron chi connectivity index (χ4n) is 2.08. The summed E-state index contributed by atoms with van der Waals surface area (Å²) in [5.74, 6) is 0.123. The average Bonchev–Trinajstić information content (AvgIpc) is 2.64. The molecule has 1 aliphatic rings. The molecule has 0 bridgehead atoms. The van der Waals surface area contributed by atoms with Gasteiger partial charge in [-0.1, -0.05) is 6.07 Å². The summed E-state index contributed by atoms with van der Waals surface area (Å²) in [4.78, 5) is 0. The van der Waals surface area contributed by atoms with Crippen LogP contribution in [0.1, 0.15) is 19.3 Å². The highest BCUT2D eigenvalue weighted by Crippen LogP contribution is 2.25. The molecule has 94 valence electrons. The van der Waals surface area contributed by atoms with Crippen molar-refractivity contribution in [2.45, 2.75) is 38.0 Å². The Morgan fingerprint density at radius 3 is 2.82 bits per heavy atom. The lowest BCUT2D eigenvalue weighted by Crippen LogP contribution is -2.27. The molecule has 0 unspecified atom stereocenters. The first-order valence-corrected chi connectivity index (χ1v) is 5.64. The Kier molecular flexibility index (Phi) is 3.78. The molecule has 1 aromatic rings.